The summed E-state index contributed by atoms with van der Waals surface area (Å²) in [5, 5.41) is 17.9. The van der Waals surface area contributed by atoms with Crippen molar-refractivity contribution in [2.75, 3.05) is 24.6 Å². The monoisotopic (exact) mass is 275 g/mol. The van der Waals surface area contributed by atoms with Crippen molar-refractivity contribution in [2.24, 2.45) is 0 Å². The van der Waals surface area contributed by atoms with Crippen molar-refractivity contribution in [1.82, 2.24) is 0 Å². The van der Waals surface area contributed by atoms with Crippen molar-refractivity contribution in [3.8, 4) is 0 Å². The van der Waals surface area contributed by atoms with Gasteiger partial charge in [0.2, 0.25) is 0 Å². The topological polar surface area (TPSA) is 43.7 Å². The van der Waals surface area contributed by atoms with E-state index in [4.69, 9.17) is 10.2 Å². The smallest absolute Gasteiger partial charge is 0.395 e. The van der Waals surface area contributed by atoms with Crippen molar-refractivity contribution in [1.29, 1.82) is 0 Å². The van der Waals surface area contributed by atoms with Crippen LogP contribution in [0.5, 0.6) is 0 Å². The van der Waals surface area contributed by atoms with E-state index in [-0.39, 0.29) is 18.7 Å². The first-order valence-corrected chi connectivity index (χ1v) is 5.71. The summed E-state index contributed by atoms with van der Waals surface area (Å²) in [5.74, 6) is 0. The zero-order valence-corrected chi connectivity index (χ0v) is 10.3. The molecule has 0 saturated heterocycles. The lowest BCUT2D eigenvalue weighted by molar-refractivity contribution is -0.138. The molecule has 0 aliphatic heterocycles. The summed E-state index contributed by atoms with van der Waals surface area (Å²) in [7, 11) is 0. The number of aliphatic hydroxyl groups is 2. The van der Waals surface area contributed by atoms with Gasteiger partial charge in [-0.3, -0.25) is 0 Å². The largest absolute Gasteiger partial charge is 0.416 e. The number of nitrogens with zero attached hydrogens (tertiary/aromatic N) is 1. The van der Waals surface area contributed by atoms with Crippen LogP contribution in [0.2, 0.25) is 0 Å². The first-order valence-electron chi connectivity index (χ1n) is 5.71. The van der Waals surface area contributed by atoms with E-state index in [1.807, 2.05) is 0 Å². The number of halogens is 3. The van der Waals surface area contributed by atoms with Gasteiger partial charge in [0.25, 0.3) is 0 Å². The maximum absolute atomic E-state index is 12.9. The van der Waals surface area contributed by atoms with E-state index in [0.717, 1.165) is 6.07 Å². The van der Waals surface area contributed by atoms with Gasteiger partial charge in [-0.05, 0) is 17.7 Å². The Hall–Kier alpha value is -1.53. The molecule has 0 saturated carbocycles. The maximum atomic E-state index is 12.9. The average Bonchev–Trinajstić information content (AvgIpc) is 2.37. The summed E-state index contributed by atoms with van der Waals surface area (Å²) in [5.41, 5.74) is -0.697. The number of hydrogen-bond acceptors (Lipinski definition) is 3. The van der Waals surface area contributed by atoms with E-state index < -0.39 is 18.3 Å². The van der Waals surface area contributed by atoms with Gasteiger partial charge >= 0.3 is 6.18 Å². The number of anilines is 1. The summed E-state index contributed by atoms with van der Waals surface area (Å²) in [6.45, 7) is 3.23. The second-order valence-electron chi connectivity index (χ2n) is 3.96. The summed E-state index contributed by atoms with van der Waals surface area (Å²) in [4.78, 5) is 1.57. The van der Waals surface area contributed by atoms with E-state index in [9.17, 15) is 13.2 Å². The summed E-state index contributed by atoms with van der Waals surface area (Å²) in [6.07, 6.45) is -2.98. The van der Waals surface area contributed by atoms with Crippen LogP contribution < -0.4 is 4.90 Å². The van der Waals surface area contributed by atoms with E-state index in [1.54, 1.807) is 11.0 Å². The minimum absolute atomic E-state index is 0.168. The molecule has 0 radical (unpaired) electrons. The minimum Gasteiger partial charge on any atom is -0.395 e. The standard InChI is InChI=1S/C13H16F3NO2/c1-2-5-17(6-7-18)11-4-3-10(9-19)12(8-11)13(14,15)16/h2-4,8,18-19H,1,5-7,9H2. The Balaban J connectivity index is 3.18. The Morgan fingerprint density at radius 3 is 2.42 bits per heavy atom. The Morgan fingerprint density at radius 2 is 1.95 bits per heavy atom. The van der Waals surface area contributed by atoms with Crippen LogP contribution in [0.15, 0.2) is 30.9 Å². The molecule has 0 bridgehead atoms. The molecule has 1 aromatic rings. The van der Waals surface area contributed by atoms with Gasteiger partial charge in [0.15, 0.2) is 0 Å². The van der Waals surface area contributed by atoms with E-state index >= 15 is 0 Å². The highest BCUT2D eigenvalue weighted by molar-refractivity contribution is 5.52. The first kappa shape index (κ1) is 15.5. The van der Waals surface area contributed by atoms with Crippen molar-refractivity contribution < 1.29 is 23.4 Å². The molecule has 0 spiro atoms. The van der Waals surface area contributed by atoms with Gasteiger partial charge in [-0.2, -0.15) is 13.2 Å². The van der Waals surface area contributed by atoms with Crippen molar-refractivity contribution in [2.45, 2.75) is 12.8 Å². The quantitative estimate of drug-likeness (QED) is 0.782. The third-order valence-electron chi connectivity index (χ3n) is 2.65. The van der Waals surface area contributed by atoms with Gasteiger partial charge in [-0.15, -0.1) is 6.58 Å². The van der Waals surface area contributed by atoms with Crippen LogP contribution in [-0.4, -0.2) is 29.9 Å². The van der Waals surface area contributed by atoms with Gasteiger partial charge < -0.3 is 15.1 Å². The van der Waals surface area contributed by atoms with Gasteiger partial charge in [0, 0.05) is 18.8 Å². The molecule has 2 N–H and O–H groups in total. The fourth-order valence-corrected chi connectivity index (χ4v) is 1.77. The summed E-state index contributed by atoms with van der Waals surface area (Å²) >= 11 is 0. The molecule has 0 unspecified atom stereocenters. The van der Waals surface area contributed by atoms with Crippen LogP contribution in [0.4, 0.5) is 18.9 Å². The molecular weight excluding hydrogens is 259 g/mol. The first-order chi connectivity index (χ1) is 8.93. The number of alkyl halides is 3. The number of aliphatic hydroxyl groups excluding tert-OH is 2. The lowest BCUT2D eigenvalue weighted by Gasteiger charge is -2.24. The lowest BCUT2D eigenvalue weighted by atomic mass is 10.1. The molecule has 1 aromatic carbocycles. The van der Waals surface area contributed by atoms with Crippen molar-refractivity contribution in [3.05, 3.63) is 42.0 Å². The van der Waals surface area contributed by atoms with Gasteiger partial charge in [-0.25, -0.2) is 0 Å². The minimum atomic E-state index is -4.52. The molecule has 3 nitrogen and oxygen atoms in total. The number of hydrogen-bond donors (Lipinski definition) is 2. The number of benzene rings is 1. The van der Waals surface area contributed by atoms with Gasteiger partial charge in [-0.1, -0.05) is 12.1 Å². The SMILES string of the molecule is C=CCN(CCO)c1ccc(CO)c(C(F)(F)F)c1. The highest BCUT2D eigenvalue weighted by atomic mass is 19.4. The fourth-order valence-electron chi connectivity index (χ4n) is 1.77. The highest BCUT2D eigenvalue weighted by Gasteiger charge is 2.33. The highest BCUT2D eigenvalue weighted by Crippen LogP contribution is 2.34. The third kappa shape index (κ3) is 3.97. The van der Waals surface area contributed by atoms with Crippen LogP contribution >= 0.6 is 0 Å². The predicted molar refractivity (Wildman–Crippen MR) is 66.9 cm³/mol. The van der Waals surface area contributed by atoms with Crippen molar-refractivity contribution >= 4 is 5.69 Å². The van der Waals surface area contributed by atoms with Crippen LogP contribution in [0.3, 0.4) is 0 Å². The summed E-state index contributed by atoms with van der Waals surface area (Å²) < 4.78 is 38.6. The Labute approximate surface area is 109 Å². The molecule has 0 amide bonds. The average molecular weight is 275 g/mol. The second kappa shape index (κ2) is 6.58. The van der Waals surface area contributed by atoms with E-state index in [0.29, 0.717) is 12.2 Å². The van der Waals surface area contributed by atoms with Crippen LogP contribution in [-0.2, 0) is 12.8 Å². The molecule has 0 aromatic heterocycles. The number of rotatable bonds is 6. The third-order valence-corrected chi connectivity index (χ3v) is 2.65. The van der Waals surface area contributed by atoms with E-state index in [1.165, 1.54) is 12.1 Å². The molecule has 0 aliphatic carbocycles. The van der Waals surface area contributed by atoms with Gasteiger partial charge in [0.05, 0.1) is 18.8 Å². The molecule has 0 fully saturated rings. The zero-order valence-electron chi connectivity index (χ0n) is 10.3. The maximum Gasteiger partial charge on any atom is 0.416 e. The zero-order chi connectivity index (χ0) is 14.5. The van der Waals surface area contributed by atoms with E-state index in [2.05, 4.69) is 6.58 Å². The fraction of sp³-hybridized carbons (Fsp3) is 0.385. The molecule has 1 rings (SSSR count). The normalized spacial score (nSPS) is 11.4. The molecule has 0 heterocycles. The summed E-state index contributed by atoms with van der Waals surface area (Å²) in [6, 6.07) is 3.70. The molecule has 6 heteroatoms. The predicted octanol–water partition coefficient (Wildman–Crippen LogP) is 2.18. The molecule has 0 atom stereocenters. The van der Waals surface area contributed by atoms with Crippen LogP contribution in [0.1, 0.15) is 11.1 Å². The molecular formula is C13H16F3NO2. The molecule has 0 aliphatic rings. The van der Waals surface area contributed by atoms with Crippen LogP contribution in [0.25, 0.3) is 0 Å². The molecule has 19 heavy (non-hydrogen) atoms. The molecule has 106 valence electrons. The Kier molecular flexibility index (Phi) is 5.38. The van der Waals surface area contributed by atoms with Gasteiger partial charge in [0.1, 0.15) is 0 Å². The lowest BCUT2D eigenvalue weighted by Crippen LogP contribution is -2.27. The van der Waals surface area contributed by atoms with Crippen LogP contribution in [0, 0.1) is 0 Å². The Morgan fingerprint density at radius 1 is 1.26 bits per heavy atom. The Bertz CT molecular complexity index is 432. The second-order valence-corrected chi connectivity index (χ2v) is 3.96. The van der Waals surface area contributed by atoms with Crippen molar-refractivity contribution in [3.63, 3.8) is 0 Å².